The molecule has 0 spiro atoms. The van der Waals surface area contributed by atoms with Gasteiger partial charge in [-0.3, -0.25) is 9.59 Å². The number of carbonyl (C=O) groups is 2. The zero-order valence-electron chi connectivity index (χ0n) is 17.1. The molecule has 1 aromatic heterocycles. The molecule has 1 saturated heterocycles. The van der Waals surface area contributed by atoms with Crippen LogP contribution in [-0.4, -0.2) is 54.9 Å². The van der Waals surface area contributed by atoms with Gasteiger partial charge in [-0.25, -0.2) is 13.4 Å². The lowest BCUT2D eigenvalue weighted by molar-refractivity contribution is -0.119. The number of hydrogen-bond acceptors (Lipinski definition) is 6. The summed E-state index contributed by atoms with van der Waals surface area (Å²) in [6.45, 7) is 2.54. The highest BCUT2D eigenvalue weighted by atomic mass is 32.2. The molecule has 8 nitrogen and oxygen atoms in total. The van der Waals surface area contributed by atoms with Crippen molar-refractivity contribution in [3.63, 3.8) is 0 Å². The van der Waals surface area contributed by atoms with Crippen LogP contribution in [0.1, 0.15) is 31.7 Å². The molecular weight excluding hydrogens is 424 g/mol. The largest absolute Gasteiger partial charge is 0.356 e. The zero-order chi connectivity index (χ0) is 21.7. The molecular formula is C20H26N4O4S2. The molecule has 2 N–H and O–H groups in total. The summed E-state index contributed by atoms with van der Waals surface area (Å²) in [6, 6.07) is 7.35. The van der Waals surface area contributed by atoms with Gasteiger partial charge in [-0.05, 0) is 31.2 Å². The minimum Gasteiger partial charge on any atom is -0.356 e. The molecule has 1 aliphatic rings. The summed E-state index contributed by atoms with van der Waals surface area (Å²) in [6.07, 6.45) is 4.06. The van der Waals surface area contributed by atoms with Gasteiger partial charge in [0.25, 0.3) is 0 Å². The molecule has 0 radical (unpaired) electrons. The maximum absolute atomic E-state index is 12.6. The van der Waals surface area contributed by atoms with E-state index in [-0.39, 0.29) is 11.8 Å². The zero-order valence-corrected chi connectivity index (χ0v) is 18.7. The second-order valence-corrected chi connectivity index (χ2v) is 10.1. The van der Waals surface area contributed by atoms with Gasteiger partial charge in [-0.15, -0.1) is 11.3 Å². The number of anilines is 1. The quantitative estimate of drug-likeness (QED) is 0.600. The van der Waals surface area contributed by atoms with E-state index >= 15 is 0 Å². The third-order valence-electron chi connectivity index (χ3n) is 4.93. The Balaban J connectivity index is 1.58. The second-order valence-electron chi connectivity index (χ2n) is 7.34. The first kappa shape index (κ1) is 22.4. The molecule has 1 aromatic carbocycles. The van der Waals surface area contributed by atoms with E-state index in [1.165, 1.54) is 28.1 Å². The summed E-state index contributed by atoms with van der Waals surface area (Å²) >= 11 is 1.31. The summed E-state index contributed by atoms with van der Waals surface area (Å²) in [4.78, 5) is 27.9. The van der Waals surface area contributed by atoms with Crippen LogP contribution in [0, 0.1) is 0 Å². The van der Waals surface area contributed by atoms with E-state index < -0.39 is 16.1 Å². The van der Waals surface area contributed by atoms with Crippen LogP contribution in [0.25, 0.3) is 11.3 Å². The number of rotatable bonds is 8. The molecule has 1 fully saturated rings. The fourth-order valence-corrected chi connectivity index (χ4v) is 5.30. The van der Waals surface area contributed by atoms with E-state index in [0.29, 0.717) is 31.1 Å². The number of aryl methyl sites for hydroxylation is 1. The van der Waals surface area contributed by atoms with Crippen LogP contribution < -0.4 is 10.6 Å². The number of nitrogens with one attached hydrogen (secondary N) is 2. The molecule has 2 amide bonds. The predicted octanol–water partition coefficient (Wildman–Crippen LogP) is 2.24. The number of thiazole rings is 1. The lowest BCUT2D eigenvalue weighted by atomic mass is 10.1. The Morgan fingerprint density at radius 2 is 2.00 bits per heavy atom. The minimum atomic E-state index is -3.41. The van der Waals surface area contributed by atoms with Crippen LogP contribution in [0.5, 0.6) is 0 Å². The number of sulfonamides is 1. The van der Waals surface area contributed by atoms with Crippen LogP contribution in [0.4, 0.5) is 5.13 Å². The number of benzene rings is 1. The molecule has 30 heavy (non-hydrogen) atoms. The van der Waals surface area contributed by atoms with Gasteiger partial charge in [0, 0.05) is 31.0 Å². The van der Waals surface area contributed by atoms with Crippen molar-refractivity contribution in [1.29, 1.82) is 0 Å². The average Bonchev–Trinajstić information content (AvgIpc) is 3.35. The van der Waals surface area contributed by atoms with Crippen molar-refractivity contribution in [3.8, 4) is 11.3 Å². The number of carbonyl (C=O) groups excluding carboxylic acids is 2. The normalized spacial score (nSPS) is 17.1. The van der Waals surface area contributed by atoms with Crippen LogP contribution in [0.15, 0.2) is 29.6 Å². The van der Waals surface area contributed by atoms with Crippen LogP contribution >= 0.6 is 11.3 Å². The standard InChI is InChI=1S/C20H26N4O4S2/c1-14(25)21-11-3-5-15-7-9-16(10-8-15)17-13-29-20(22-17)23-19(26)18-6-4-12-24(18)30(2,27)28/h7-10,13,18H,3-6,11-12H2,1-2H3,(H,21,25)(H,22,23,26). The molecule has 1 unspecified atom stereocenters. The van der Waals surface area contributed by atoms with Crippen molar-refractivity contribution >= 4 is 38.3 Å². The SMILES string of the molecule is CC(=O)NCCCc1ccc(-c2csc(NC(=O)C3CCCN3S(C)(=O)=O)n2)cc1. The highest BCUT2D eigenvalue weighted by molar-refractivity contribution is 7.88. The highest BCUT2D eigenvalue weighted by Gasteiger charge is 2.36. The molecule has 2 heterocycles. The fraction of sp³-hybridized carbons (Fsp3) is 0.450. The van der Waals surface area contributed by atoms with Crippen molar-refractivity contribution in [2.24, 2.45) is 0 Å². The first-order valence-electron chi connectivity index (χ1n) is 9.81. The molecule has 0 aliphatic carbocycles. The van der Waals surface area contributed by atoms with Crippen LogP contribution in [0.3, 0.4) is 0 Å². The van der Waals surface area contributed by atoms with Crippen molar-refractivity contribution in [1.82, 2.24) is 14.6 Å². The van der Waals surface area contributed by atoms with Gasteiger partial charge in [-0.1, -0.05) is 24.3 Å². The van der Waals surface area contributed by atoms with Crippen LogP contribution in [-0.2, 0) is 26.0 Å². The fourth-order valence-electron chi connectivity index (χ4n) is 3.45. The second kappa shape index (κ2) is 9.67. The third-order valence-corrected chi connectivity index (χ3v) is 6.98. The van der Waals surface area contributed by atoms with E-state index in [2.05, 4.69) is 15.6 Å². The van der Waals surface area contributed by atoms with Gasteiger partial charge >= 0.3 is 0 Å². The Morgan fingerprint density at radius 1 is 1.27 bits per heavy atom. The summed E-state index contributed by atoms with van der Waals surface area (Å²) in [5, 5.41) is 7.86. The minimum absolute atomic E-state index is 0.0197. The van der Waals surface area contributed by atoms with Gasteiger partial charge in [0.2, 0.25) is 21.8 Å². The summed E-state index contributed by atoms with van der Waals surface area (Å²) in [5.74, 6) is -0.359. The van der Waals surface area contributed by atoms with Gasteiger partial charge in [0.15, 0.2) is 5.13 Å². The average molecular weight is 451 g/mol. The first-order chi connectivity index (χ1) is 14.2. The molecule has 10 heteroatoms. The lowest BCUT2D eigenvalue weighted by Gasteiger charge is -2.20. The molecule has 162 valence electrons. The summed E-state index contributed by atoms with van der Waals surface area (Å²) < 4.78 is 24.9. The van der Waals surface area contributed by atoms with E-state index in [1.54, 1.807) is 0 Å². The molecule has 0 saturated carbocycles. The monoisotopic (exact) mass is 450 g/mol. The van der Waals surface area contributed by atoms with Gasteiger partial charge in [-0.2, -0.15) is 4.31 Å². The summed E-state index contributed by atoms with van der Waals surface area (Å²) in [5.41, 5.74) is 2.87. The van der Waals surface area contributed by atoms with Crippen LogP contribution in [0.2, 0.25) is 0 Å². The highest BCUT2D eigenvalue weighted by Crippen LogP contribution is 2.27. The Kier molecular flexibility index (Phi) is 7.22. The van der Waals surface area contributed by atoms with E-state index in [1.807, 2.05) is 29.6 Å². The Bertz CT molecular complexity index is 1000. The predicted molar refractivity (Wildman–Crippen MR) is 118 cm³/mol. The van der Waals surface area contributed by atoms with Gasteiger partial charge in [0.1, 0.15) is 6.04 Å². The topological polar surface area (TPSA) is 108 Å². The lowest BCUT2D eigenvalue weighted by Crippen LogP contribution is -2.42. The number of aromatic nitrogens is 1. The number of hydrogen-bond donors (Lipinski definition) is 2. The maximum atomic E-state index is 12.6. The molecule has 2 aromatic rings. The van der Waals surface area contributed by atoms with Crippen molar-refractivity contribution in [2.45, 2.75) is 38.6 Å². The van der Waals surface area contributed by atoms with Gasteiger partial charge in [0.05, 0.1) is 11.9 Å². The molecule has 1 aliphatic heterocycles. The Labute approximate surface area is 180 Å². The Morgan fingerprint density at radius 3 is 2.67 bits per heavy atom. The number of nitrogens with zero attached hydrogens (tertiary/aromatic N) is 2. The molecule has 1 atom stereocenters. The first-order valence-corrected chi connectivity index (χ1v) is 12.5. The van der Waals surface area contributed by atoms with Crippen molar-refractivity contribution in [2.75, 3.05) is 24.7 Å². The maximum Gasteiger partial charge on any atom is 0.244 e. The van der Waals surface area contributed by atoms with Crippen molar-refractivity contribution < 1.29 is 18.0 Å². The van der Waals surface area contributed by atoms with E-state index in [0.717, 1.165) is 30.4 Å². The van der Waals surface area contributed by atoms with E-state index in [4.69, 9.17) is 0 Å². The third kappa shape index (κ3) is 5.87. The van der Waals surface area contributed by atoms with Crippen molar-refractivity contribution in [3.05, 3.63) is 35.2 Å². The van der Waals surface area contributed by atoms with Gasteiger partial charge < -0.3 is 10.6 Å². The van der Waals surface area contributed by atoms with E-state index in [9.17, 15) is 18.0 Å². The molecule has 3 rings (SSSR count). The Hall–Kier alpha value is -2.30. The smallest absolute Gasteiger partial charge is 0.244 e. The summed E-state index contributed by atoms with van der Waals surface area (Å²) in [7, 11) is -3.41. The number of amides is 2. The molecule has 0 bridgehead atoms.